The number of rotatable bonds is 7. The van der Waals surface area contributed by atoms with Gasteiger partial charge < -0.3 is 5.11 Å². The molecule has 0 atom stereocenters. The van der Waals surface area contributed by atoms with Crippen molar-refractivity contribution >= 4 is 40.2 Å². The van der Waals surface area contributed by atoms with Crippen molar-refractivity contribution in [3.05, 3.63) is 73.1 Å². The molecule has 11 heteroatoms. The highest BCUT2D eigenvalue weighted by Gasteiger charge is 2.19. The lowest BCUT2D eigenvalue weighted by Crippen LogP contribution is -2.29. The number of unbranched alkanes of at least 4 members (excludes halogenated alkanes) is 1. The second kappa shape index (κ2) is 9.35. The number of benzene rings is 2. The van der Waals surface area contributed by atoms with Gasteiger partial charge in [-0.05, 0) is 18.6 Å². The summed E-state index contributed by atoms with van der Waals surface area (Å²) >= 11 is 5.84. The highest BCUT2D eigenvalue weighted by molar-refractivity contribution is 6.31. The van der Waals surface area contributed by atoms with Crippen molar-refractivity contribution in [2.75, 3.05) is 0 Å². The Balaban J connectivity index is 1.93. The van der Waals surface area contributed by atoms with E-state index in [4.69, 9.17) is 11.6 Å². The van der Waals surface area contributed by atoms with Crippen LogP contribution < -0.4 is 11.0 Å². The average molecular weight is 444 g/mol. The van der Waals surface area contributed by atoms with Gasteiger partial charge in [0.25, 0.3) is 11.5 Å². The van der Waals surface area contributed by atoms with Crippen LogP contribution in [0.25, 0.3) is 10.8 Å². The number of phenols is 1. The van der Waals surface area contributed by atoms with E-state index in [1.165, 1.54) is 10.7 Å². The van der Waals surface area contributed by atoms with E-state index in [1.807, 2.05) is 6.92 Å². The molecule has 0 fully saturated rings. The predicted molar refractivity (Wildman–Crippen MR) is 116 cm³/mol. The molecule has 0 unspecified atom stereocenters. The first kappa shape index (κ1) is 21.9. The molecule has 1 amide bonds. The molecule has 0 bridgehead atoms. The van der Waals surface area contributed by atoms with Gasteiger partial charge in [-0.1, -0.05) is 43.1 Å². The molecule has 2 aromatic carbocycles. The molecule has 0 saturated carbocycles. The SMILES string of the molecule is CCCCn1nc(C(=O)N/N=C/c2cc(Cl)cc([N+](=O)[O-])c2O)c2ccccc2c1=O. The Morgan fingerprint density at radius 1 is 1.35 bits per heavy atom. The number of aryl methyl sites for hydroxylation is 1. The Labute approximate surface area is 180 Å². The monoisotopic (exact) mass is 443 g/mol. The maximum Gasteiger partial charge on any atom is 0.312 e. The van der Waals surface area contributed by atoms with Gasteiger partial charge in [-0.25, -0.2) is 10.1 Å². The van der Waals surface area contributed by atoms with Gasteiger partial charge in [-0.3, -0.25) is 19.7 Å². The zero-order valence-corrected chi connectivity index (χ0v) is 17.2. The van der Waals surface area contributed by atoms with E-state index in [-0.39, 0.29) is 21.8 Å². The summed E-state index contributed by atoms with van der Waals surface area (Å²) in [5.41, 5.74) is 1.34. The number of amides is 1. The van der Waals surface area contributed by atoms with Gasteiger partial charge in [0.2, 0.25) is 5.75 Å². The van der Waals surface area contributed by atoms with Crippen LogP contribution in [-0.4, -0.2) is 31.9 Å². The van der Waals surface area contributed by atoms with Crippen molar-refractivity contribution in [3.8, 4) is 5.75 Å². The molecule has 3 aromatic rings. The summed E-state index contributed by atoms with van der Waals surface area (Å²) in [5, 5.41) is 29.7. The van der Waals surface area contributed by atoms with E-state index >= 15 is 0 Å². The lowest BCUT2D eigenvalue weighted by Gasteiger charge is -2.09. The number of aromatic nitrogens is 2. The number of hydrogen-bond donors (Lipinski definition) is 2. The number of hydrogen-bond acceptors (Lipinski definition) is 7. The lowest BCUT2D eigenvalue weighted by molar-refractivity contribution is -0.385. The Kier molecular flexibility index (Phi) is 6.61. The predicted octanol–water partition coefficient (Wildman–Crippen LogP) is 3.23. The smallest absolute Gasteiger partial charge is 0.312 e. The van der Waals surface area contributed by atoms with Gasteiger partial charge in [-0.2, -0.15) is 10.2 Å². The summed E-state index contributed by atoms with van der Waals surface area (Å²) in [5.74, 6) is -1.32. The van der Waals surface area contributed by atoms with Crippen LogP contribution in [0.3, 0.4) is 0 Å². The van der Waals surface area contributed by atoms with Crippen LogP contribution in [0.2, 0.25) is 5.02 Å². The summed E-state index contributed by atoms with van der Waals surface area (Å²) in [6.07, 6.45) is 2.60. The molecule has 0 aliphatic rings. The fraction of sp³-hybridized carbons (Fsp3) is 0.200. The number of fused-ring (bicyclic) bond motifs is 1. The number of hydrazone groups is 1. The van der Waals surface area contributed by atoms with Gasteiger partial charge in [0.05, 0.1) is 16.5 Å². The summed E-state index contributed by atoms with van der Waals surface area (Å²) in [7, 11) is 0. The molecule has 0 aliphatic heterocycles. The van der Waals surface area contributed by atoms with Crippen molar-refractivity contribution in [3.63, 3.8) is 0 Å². The Morgan fingerprint density at radius 3 is 2.74 bits per heavy atom. The number of nitro benzene ring substituents is 1. The first-order valence-electron chi connectivity index (χ1n) is 9.33. The summed E-state index contributed by atoms with van der Waals surface area (Å²) in [4.78, 5) is 35.5. The van der Waals surface area contributed by atoms with Crippen molar-refractivity contribution in [1.82, 2.24) is 15.2 Å². The third-order valence-corrected chi connectivity index (χ3v) is 4.67. The largest absolute Gasteiger partial charge is 0.502 e. The van der Waals surface area contributed by atoms with Crippen molar-refractivity contribution in [2.45, 2.75) is 26.3 Å². The van der Waals surface area contributed by atoms with E-state index in [9.17, 15) is 24.8 Å². The lowest BCUT2D eigenvalue weighted by atomic mass is 10.1. The number of carbonyl (C=O) groups excluding carboxylic acids is 1. The first-order valence-corrected chi connectivity index (χ1v) is 9.71. The molecule has 1 heterocycles. The molecule has 160 valence electrons. The van der Waals surface area contributed by atoms with E-state index < -0.39 is 22.3 Å². The van der Waals surface area contributed by atoms with Crippen LogP contribution >= 0.6 is 11.6 Å². The molecule has 0 saturated heterocycles. The minimum Gasteiger partial charge on any atom is -0.502 e. The quantitative estimate of drug-likeness (QED) is 0.326. The van der Waals surface area contributed by atoms with Crippen LogP contribution in [0.15, 0.2) is 46.3 Å². The second-order valence-corrected chi connectivity index (χ2v) is 7.03. The van der Waals surface area contributed by atoms with Gasteiger partial charge in [0.15, 0.2) is 5.69 Å². The average Bonchev–Trinajstić information content (AvgIpc) is 2.75. The Morgan fingerprint density at radius 2 is 2.06 bits per heavy atom. The summed E-state index contributed by atoms with van der Waals surface area (Å²) in [6.45, 7) is 2.34. The Hall–Kier alpha value is -3.79. The van der Waals surface area contributed by atoms with Crippen LogP contribution in [0, 0.1) is 10.1 Å². The molecule has 1 aromatic heterocycles. The molecule has 31 heavy (non-hydrogen) atoms. The van der Waals surface area contributed by atoms with E-state index in [2.05, 4.69) is 15.6 Å². The van der Waals surface area contributed by atoms with Crippen LogP contribution in [-0.2, 0) is 6.54 Å². The van der Waals surface area contributed by atoms with Crippen molar-refractivity contribution < 1.29 is 14.8 Å². The minimum absolute atomic E-state index is 0.00440. The van der Waals surface area contributed by atoms with E-state index in [1.54, 1.807) is 24.3 Å². The van der Waals surface area contributed by atoms with Gasteiger partial charge in [0.1, 0.15) is 0 Å². The molecule has 0 radical (unpaired) electrons. The normalized spacial score (nSPS) is 11.2. The first-order chi connectivity index (χ1) is 14.8. The topological polar surface area (TPSA) is 140 Å². The highest BCUT2D eigenvalue weighted by atomic mass is 35.5. The van der Waals surface area contributed by atoms with Crippen LogP contribution in [0.4, 0.5) is 5.69 Å². The fourth-order valence-electron chi connectivity index (χ4n) is 2.92. The maximum atomic E-state index is 12.7. The van der Waals surface area contributed by atoms with E-state index in [0.717, 1.165) is 25.1 Å². The number of aromatic hydroxyl groups is 1. The van der Waals surface area contributed by atoms with Crippen molar-refractivity contribution in [1.29, 1.82) is 0 Å². The molecule has 0 aliphatic carbocycles. The molecular formula is C20H18ClN5O5. The zero-order valence-electron chi connectivity index (χ0n) is 16.4. The summed E-state index contributed by atoms with van der Waals surface area (Å²) in [6, 6.07) is 8.87. The minimum atomic E-state index is -0.785. The van der Waals surface area contributed by atoms with Crippen molar-refractivity contribution in [2.24, 2.45) is 5.10 Å². The molecule has 2 N–H and O–H groups in total. The maximum absolute atomic E-state index is 12.7. The van der Waals surface area contributed by atoms with Gasteiger partial charge in [0, 0.05) is 28.6 Å². The third kappa shape index (κ3) is 4.69. The van der Waals surface area contributed by atoms with Gasteiger partial charge in [-0.15, -0.1) is 0 Å². The van der Waals surface area contributed by atoms with E-state index in [0.29, 0.717) is 17.3 Å². The number of phenolic OH excluding ortho intramolecular Hbond substituents is 1. The zero-order chi connectivity index (χ0) is 22.5. The summed E-state index contributed by atoms with van der Waals surface area (Å²) < 4.78 is 1.25. The molecule has 10 nitrogen and oxygen atoms in total. The third-order valence-electron chi connectivity index (χ3n) is 4.46. The standard InChI is InChI=1S/C20H18ClN5O5/c1-2-3-8-25-20(29)15-7-5-4-6-14(15)17(24-25)19(28)23-22-11-12-9-13(21)10-16(18(12)27)26(30)31/h4-7,9-11,27H,2-3,8H2,1H3,(H,23,28)/b22-11+. The fourth-order valence-corrected chi connectivity index (χ4v) is 3.14. The number of halogens is 1. The molecular weight excluding hydrogens is 426 g/mol. The van der Waals surface area contributed by atoms with Gasteiger partial charge >= 0.3 is 5.69 Å². The number of nitrogens with one attached hydrogen (secondary N) is 1. The molecule has 0 spiro atoms. The van der Waals surface area contributed by atoms with Crippen LogP contribution in [0.1, 0.15) is 35.8 Å². The Bertz CT molecular complexity index is 1250. The van der Waals surface area contributed by atoms with Crippen LogP contribution in [0.5, 0.6) is 5.75 Å². The number of nitro groups is 1. The molecule has 3 rings (SSSR count). The number of carbonyl (C=O) groups is 1. The second-order valence-electron chi connectivity index (χ2n) is 6.60. The highest BCUT2D eigenvalue weighted by Crippen LogP contribution is 2.32. The number of nitrogens with zero attached hydrogens (tertiary/aromatic N) is 4.